The molecule has 0 aliphatic rings. The summed E-state index contributed by atoms with van der Waals surface area (Å²) in [6.45, 7) is 1.81. The summed E-state index contributed by atoms with van der Waals surface area (Å²) in [5.74, 6) is -0.641. The lowest BCUT2D eigenvalue weighted by Gasteiger charge is -2.09. The van der Waals surface area contributed by atoms with E-state index in [-0.39, 0.29) is 10.5 Å². The minimum Gasteiger partial charge on any atom is -0.392 e. The van der Waals surface area contributed by atoms with Gasteiger partial charge in [-0.2, -0.15) is 0 Å². The fraction of sp³-hybridized carbons (Fsp3) is 0.455. The van der Waals surface area contributed by atoms with Gasteiger partial charge in [0.1, 0.15) is 5.82 Å². The molecule has 1 rings (SSSR count). The smallest absolute Gasteiger partial charge is 0.241 e. The highest BCUT2D eigenvalue weighted by molar-refractivity contribution is 7.89. The first-order chi connectivity index (χ1) is 8.01. The van der Waals surface area contributed by atoms with Crippen LogP contribution >= 0.6 is 0 Å². The Kier molecular flexibility index (Phi) is 5.04. The van der Waals surface area contributed by atoms with Gasteiger partial charge in [0.2, 0.25) is 10.0 Å². The van der Waals surface area contributed by atoms with Crippen LogP contribution in [0.25, 0.3) is 0 Å². The number of aliphatic hydroxyl groups is 1. The largest absolute Gasteiger partial charge is 0.392 e. The van der Waals surface area contributed by atoms with Crippen LogP contribution in [0, 0.1) is 5.82 Å². The molecule has 0 aromatic heterocycles. The molecule has 96 valence electrons. The molecule has 0 saturated heterocycles. The molecule has 0 aliphatic heterocycles. The Bertz CT molecular complexity index is 474. The summed E-state index contributed by atoms with van der Waals surface area (Å²) in [7, 11) is -3.75. The summed E-state index contributed by atoms with van der Waals surface area (Å²) in [6.07, 6.45) is 1.57. The minimum absolute atomic E-state index is 0.190. The van der Waals surface area contributed by atoms with E-state index in [4.69, 9.17) is 5.11 Å². The molecule has 0 unspecified atom stereocenters. The molecule has 0 saturated carbocycles. The second-order valence-corrected chi connectivity index (χ2v) is 5.40. The third-order valence-corrected chi connectivity index (χ3v) is 3.85. The number of nitrogens with one attached hydrogen (secondary N) is 1. The molecule has 0 fully saturated rings. The summed E-state index contributed by atoms with van der Waals surface area (Å²) < 4.78 is 39.1. The van der Waals surface area contributed by atoms with Gasteiger partial charge < -0.3 is 5.11 Å². The van der Waals surface area contributed by atoms with Gasteiger partial charge in [0.15, 0.2) is 0 Å². The molecule has 0 bridgehead atoms. The maximum Gasteiger partial charge on any atom is 0.241 e. The van der Waals surface area contributed by atoms with Gasteiger partial charge in [-0.25, -0.2) is 17.5 Å². The van der Waals surface area contributed by atoms with E-state index >= 15 is 0 Å². The quantitative estimate of drug-likeness (QED) is 0.761. The molecule has 4 nitrogen and oxygen atoms in total. The first-order valence-corrected chi connectivity index (χ1v) is 6.88. The molecule has 0 heterocycles. The van der Waals surface area contributed by atoms with Gasteiger partial charge in [-0.1, -0.05) is 19.4 Å². The Hall–Kier alpha value is -0.980. The fourth-order valence-electron chi connectivity index (χ4n) is 1.37. The molecule has 0 radical (unpaired) electrons. The molecular formula is C11H16FNO3S. The third-order valence-electron chi connectivity index (χ3n) is 2.31. The number of halogens is 1. The first-order valence-electron chi connectivity index (χ1n) is 5.40. The average Bonchev–Trinajstić information content (AvgIpc) is 2.29. The minimum atomic E-state index is -3.75. The Labute approximate surface area is 101 Å². The number of aliphatic hydroxyl groups excluding tert-OH is 1. The molecule has 6 heteroatoms. The third kappa shape index (κ3) is 3.76. The lowest BCUT2D eigenvalue weighted by molar-refractivity contribution is 0.278. The summed E-state index contributed by atoms with van der Waals surface area (Å²) in [5, 5.41) is 9.03. The summed E-state index contributed by atoms with van der Waals surface area (Å²) in [6, 6.07) is 3.31. The zero-order valence-electron chi connectivity index (χ0n) is 9.61. The highest BCUT2D eigenvalue weighted by atomic mass is 32.2. The molecule has 1 aromatic carbocycles. The Morgan fingerprint density at radius 3 is 2.71 bits per heavy atom. The second kappa shape index (κ2) is 6.09. The van der Waals surface area contributed by atoms with E-state index in [0.29, 0.717) is 13.0 Å². The van der Waals surface area contributed by atoms with Crippen LogP contribution in [0.1, 0.15) is 25.3 Å². The first kappa shape index (κ1) is 14.1. The SMILES string of the molecule is CCCCNS(=O)(=O)c1cc(F)ccc1CO. The lowest BCUT2D eigenvalue weighted by atomic mass is 10.2. The molecule has 2 N–H and O–H groups in total. The number of hydrogen-bond acceptors (Lipinski definition) is 3. The molecule has 0 aliphatic carbocycles. The monoisotopic (exact) mass is 261 g/mol. The van der Waals surface area contributed by atoms with Crippen LogP contribution < -0.4 is 4.72 Å². The number of benzene rings is 1. The van der Waals surface area contributed by atoms with Crippen molar-refractivity contribution < 1.29 is 17.9 Å². The average molecular weight is 261 g/mol. The van der Waals surface area contributed by atoms with Crippen molar-refractivity contribution in [2.24, 2.45) is 0 Å². The van der Waals surface area contributed by atoms with Crippen molar-refractivity contribution >= 4 is 10.0 Å². The van der Waals surface area contributed by atoms with Crippen LogP contribution in [-0.2, 0) is 16.6 Å². The van der Waals surface area contributed by atoms with Crippen LogP contribution in [0.3, 0.4) is 0 Å². The normalized spacial score (nSPS) is 11.7. The van der Waals surface area contributed by atoms with E-state index in [1.165, 1.54) is 6.07 Å². The number of rotatable bonds is 6. The van der Waals surface area contributed by atoms with E-state index < -0.39 is 22.4 Å². The highest BCUT2D eigenvalue weighted by Gasteiger charge is 2.18. The number of hydrogen-bond donors (Lipinski definition) is 2. The molecule has 0 amide bonds. The van der Waals surface area contributed by atoms with E-state index in [1.807, 2.05) is 6.92 Å². The van der Waals surface area contributed by atoms with Gasteiger partial charge in [0, 0.05) is 6.54 Å². The number of sulfonamides is 1. The van der Waals surface area contributed by atoms with Gasteiger partial charge in [-0.15, -0.1) is 0 Å². The molecular weight excluding hydrogens is 245 g/mol. The van der Waals surface area contributed by atoms with Crippen LogP contribution in [0.5, 0.6) is 0 Å². The van der Waals surface area contributed by atoms with Crippen LogP contribution in [0.15, 0.2) is 23.1 Å². The van der Waals surface area contributed by atoms with Gasteiger partial charge >= 0.3 is 0 Å². The van der Waals surface area contributed by atoms with E-state index in [0.717, 1.165) is 18.6 Å². The van der Waals surface area contributed by atoms with Crippen LogP contribution in [0.4, 0.5) is 4.39 Å². The fourth-order valence-corrected chi connectivity index (χ4v) is 2.68. The Morgan fingerprint density at radius 1 is 1.41 bits per heavy atom. The van der Waals surface area contributed by atoms with Crippen molar-refractivity contribution in [2.75, 3.05) is 6.54 Å². The maximum absolute atomic E-state index is 13.0. The van der Waals surface area contributed by atoms with Crippen molar-refractivity contribution in [2.45, 2.75) is 31.3 Å². The van der Waals surface area contributed by atoms with Crippen molar-refractivity contribution in [3.63, 3.8) is 0 Å². The maximum atomic E-state index is 13.0. The number of unbranched alkanes of at least 4 members (excludes halogenated alkanes) is 1. The zero-order valence-corrected chi connectivity index (χ0v) is 10.4. The molecule has 0 atom stereocenters. The van der Waals surface area contributed by atoms with E-state index in [2.05, 4.69) is 4.72 Å². The van der Waals surface area contributed by atoms with Crippen LogP contribution in [-0.4, -0.2) is 20.1 Å². The van der Waals surface area contributed by atoms with Crippen molar-refractivity contribution in [3.05, 3.63) is 29.6 Å². The summed E-state index contributed by atoms with van der Waals surface area (Å²) in [5.41, 5.74) is 0.190. The molecule has 0 spiro atoms. The lowest BCUT2D eigenvalue weighted by Crippen LogP contribution is -2.25. The highest BCUT2D eigenvalue weighted by Crippen LogP contribution is 2.17. The second-order valence-electron chi connectivity index (χ2n) is 3.66. The zero-order chi connectivity index (χ0) is 12.9. The van der Waals surface area contributed by atoms with Crippen molar-refractivity contribution in [1.29, 1.82) is 0 Å². The Balaban J connectivity index is 3.00. The van der Waals surface area contributed by atoms with E-state index in [1.54, 1.807) is 0 Å². The summed E-state index contributed by atoms with van der Waals surface area (Å²) in [4.78, 5) is -0.198. The predicted octanol–water partition coefficient (Wildman–Crippen LogP) is 1.40. The molecule has 1 aromatic rings. The van der Waals surface area contributed by atoms with Crippen LogP contribution in [0.2, 0.25) is 0 Å². The standard InChI is InChI=1S/C11H16FNO3S/c1-2-3-6-13-17(15,16)11-7-10(12)5-4-9(11)8-14/h4-5,7,13-14H,2-3,6,8H2,1H3. The van der Waals surface area contributed by atoms with Crippen molar-refractivity contribution in [3.8, 4) is 0 Å². The van der Waals surface area contributed by atoms with Gasteiger partial charge in [-0.3, -0.25) is 0 Å². The van der Waals surface area contributed by atoms with Gasteiger partial charge in [-0.05, 0) is 24.1 Å². The van der Waals surface area contributed by atoms with Gasteiger partial charge in [0.05, 0.1) is 11.5 Å². The summed E-state index contributed by atoms with van der Waals surface area (Å²) >= 11 is 0. The molecule has 17 heavy (non-hydrogen) atoms. The topological polar surface area (TPSA) is 66.4 Å². The van der Waals surface area contributed by atoms with Crippen molar-refractivity contribution in [1.82, 2.24) is 4.72 Å². The Morgan fingerprint density at radius 2 is 2.12 bits per heavy atom. The van der Waals surface area contributed by atoms with E-state index in [9.17, 15) is 12.8 Å². The predicted molar refractivity (Wildman–Crippen MR) is 62.4 cm³/mol. The van der Waals surface area contributed by atoms with Gasteiger partial charge in [0.25, 0.3) is 0 Å².